The van der Waals surface area contributed by atoms with Crippen molar-refractivity contribution in [2.24, 2.45) is 0 Å². The molecule has 0 spiro atoms. The Hall–Kier alpha value is -4.79. The number of alkyl carbamates (subject to hydrolysis) is 1. The van der Waals surface area contributed by atoms with E-state index in [9.17, 15) is 4.79 Å². The number of methoxy groups -OCH3 is 2. The molecule has 2 N–H and O–H groups in total. The molecule has 1 atom stereocenters. The second-order valence-corrected chi connectivity index (χ2v) is 11.5. The van der Waals surface area contributed by atoms with Crippen molar-refractivity contribution >= 4 is 17.0 Å². The van der Waals surface area contributed by atoms with Gasteiger partial charge in [-0.25, -0.2) is 4.79 Å². The molecule has 9 nitrogen and oxygen atoms in total. The van der Waals surface area contributed by atoms with Crippen LogP contribution in [0.1, 0.15) is 55.2 Å². The summed E-state index contributed by atoms with van der Waals surface area (Å²) in [6, 6.07) is 23.7. The summed E-state index contributed by atoms with van der Waals surface area (Å²) in [5, 5.41) is 13.5. The quantitative estimate of drug-likeness (QED) is 0.187. The maximum Gasteiger partial charge on any atom is 0.408 e. The number of H-pyrrole nitrogens is 1. The first-order valence-corrected chi connectivity index (χ1v) is 14.5. The van der Waals surface area contributed by atoms with Gasteiger partial charge < -0.3 is 29.1 Å². The maximum absolute atomic E-state index is 13.2. The van der Waals surface area contributed by atoms with Crippen LogP contribution in [0.4, 0.5) is 4.79 Å². The van der Waals surface area contributed by atoms with Crippen LogP contribution in [0.3, 0.4) is 0 Å². The third kappa shape index (κ3) is 7.35. The molecule has 5 aromatic rings. The summed E-state index contributed by atoms with van der Waals surface area (Å²) >= 11 is 0. The van der Waals surface area contributed by atoms with Crippen molar-refractivity contribution in [1.29, 1.82) is 0 Å². The molecule has 2 aromatic heterocycles. The third-order valence-corrected chi connectivity index (χ3v) is 7.26. The van der Waals surface area contributed by atoms with Crippen molar-refractivity contribution < 1.29 is 19.0 Å². The first-order valence-electron chi connectivity index (χ1n) is 14.5. The van der Waals surface area contributed by atoms with Gasteiger partial charge in [-0.3, -0.25) is 0 Å². The Kier molecular flexibility index (Phi) is 8.99. The molecule has 0 saturated carbocycles. The number of aryl methyl sites for hydroxylation is 2. The number of nitrogens with one attached hydrogen (secondary N) is 2. The Labute approximate surface area is 252 Å². The Morgan fingerprint density at radius 1 is 0.930 bits per heavy atom. The van der Waals surface area contributed by atoms with Crippen molar-refractivity contribution in [1.82, 2.24) is 25.1 Å². The van der Waals surface area contributed by atoms with Crippen LogP contribution in [0.15, 0.2) is 79.0 Å². The van der Waals surface area contributed by atoms with Gasteiger partial charge in [-0.15, -0.1) is 10.2 Å². The number of aromatic amines is 1. The van der Waals surface area contributed by atoms with Gasteiger partial charge in [-0.05, 0) is 56.5 Å². The SMILES string of the molecule is COc1ccc(Cn2c(CCc3ccccc3)nnc2[C@@H](Cc2c[nH]c3ccccc23)NC(=O)OC(C)(C)C)c(OC)c1. The van der Waals surface area contributed by atoms with E-state index in [0.29, 0.717) is 36.7 Å². The third-order valence-electron chi connectivity index (χ3n) is 7.26. The highest BCUT2D eigenvalue weighted by Gasteiger charge is 2.27. The zero-order valence-corrected chi connectivity index (χ0v) is 25.4. The van der Waals surface area contributed by atoms with Gasteiger partial charge in [0.2, 0.25) is 0 Å². The molecule has 2 heterocycles. The van der Waals surface area contributed by atoms with Gasteiger partial charge in [0.05, 0.1) is 26.8 Å². The number of para-hydroxylation sites is 1. The van der Waals surface area contributed by atoms with E-state index in [1.165, 1.54) is 5.56 Å². The van der Waals surface area contributed by atoms with Gasteiger partial charge in [0.1, 0.15) is 22.9 Å². The lowest BCUT2D eigenvalue weighted by atomic mass is 10.0. The second kappa shape index (κ2) is 13.0. The largest absolute Gasteiger partial charge is 0.497 e. The lowest BCUT2D eigenvalue weighted by Crippen LogP contribution is -2.37. The van der Waals surface area contributed by atoms with Crippen LogP contribution >= 0.6 is 0 Å². The van der Waals surface area contributed by atoms with Crippen molar-refractivity contribution in [3.05, 3.63) is 107 Å². The monoisotopic (exact) mass is 581 g/mol. The Balaban J connectivity index is 1.56. The number of ether oxygens (including phenoxy) is 3. The number of fused-ring (bicyclic) bond motifs is 1. The van der Waals surface area contributed by atoms with Crippen molar-refractivity contribution in [3.8, 4) is 11.5 Å². The van der Waals surface area contributed by atoms with Crippen LogP contribution in [0.25, 0.3) is 10.9 Å². The normalized spacial score (nSPS) is 12.2. The summed E-state index contributed by atoms with van der Waals surface area (Å²) in [6.45, 7) is 5.99. The molecule has 3 aromatic carbocycles. The van der Waals surface area contributed by atoms with Crippen LogP contribution in [-0.4, -0.2) is 45.7 Å². The number of nitrogens with zero attached hydrogens (tertiary/aromatic N) is 3. The van der Waals surface area contributed by atoms with E-state index in [4.69, 9.17) is 19.3 Å². The van der Waals surface area contributed by atoms with E-state index in [0.717, 1.165) is 34.3 Å². The first-order chi connectivity index (χ1) is 20.7. The average molecular weight is 582 g/mol. The fraction of sp³-hybridized carbons (Fsp3) is 0.324. The van der Waals surface area contributed by atoms with Gasteiger partial charge in [-0.2, -0.15) is 0 Å². The molecule has 0 bridgehead atoms. The van der Waals surface area contributed by atoms with E-state index >= 15 is 0 Å². The van der Waals surface area contributed by atoms with E-state index in [1.807, 2.05) is 81.6 Å². The molecule has 0 fully saturated rings. The smallest absolute Gasteiger partial charge is 0.408 e. The summed E-state index contributed by atoms with van der Waals surface area (Å²) in [5.41, 5.74) is 3.58. The van der Waals surface area contributed by atoms with Crippen molar-refractivity contribution in [3.63, 3.8) is 0 Å². The van der Waals surface area contributed by atoms with Crippen LogP contribution in [-0.2, 0) is 30.5 Å². The topological polar surface area (TPSA) is 103 Å². The minimum Gasteiger partial charge on any atom is -0.497 e. The van der Waals surface area contributed by atoms with Crippen molar-refractivity contribution in [2.75, 3.05) is 14.2 Å². The molecule has 0 aliphatic heterocycles. The van der Waals surface area contributed by atoms with Crippen LogP contribution < -0.4 is 14.8 Å². The number of benzene rings is 3. The number of rotatable bonds is 11. The maximum atomic E-state index is 13.2. The van der Waals surface area contributed by atoms with E-state index < -0.39 is 17.7 Å². The zero-order valence-electron chi connectivity index (χ0n) is 25.4. The molecular weight excluding hydrogens is 542 g/mol. The van der Waals surface area contributed by atoms with Gasteiger partial charge in [0.15, 0.2) is 5.82 Å². The van der Waals surface area contributed by atoms with E-state index in [2.05, 4.69) is 38.2 Å². The lowest BCUT2D eigenvalue weighted by Gasteiger charge is -2.24. The predicted octanol–water partition coefficient (Wildman–Crippen LogP) is 6.42. The standard InChI is InChI=1S/C34H39N5O4/c1-34(2,3)43-33(40)36-29(19-25-21-35-28-14-10-9-13-27(25)28)32-38-37-31(18-15-23-11-7-6-8-12-23)39(32)22-24-16-17-26(41-4)20-30(24)42-5/h6-14,16-17,20-21,29,35H,15,18-19,22H2,1-5H3,(H,36,40)/t29-/m1/s1. The number of amides is 1. The lowest BCUT2D eigenvalue weighted by molar-refractivity contribution is 0.0500. The summed E-state index contributed by atoms with van der Waals surface area (Å²) in [5.74, 6) is 2.85. The summed E-state index contributed by atoms with van der Waals surface area (Å²) < 4.78 is 18.9. The molecule has 0 unspecified atom stereocenters. The number of carbonyl (C=O) groups excluding carboxylic acids is 1. The molecular formula is C34H39N5O4. The van der Waals surface area contributed by atoms with E-state index in [-0.39, 0.29) is 0 Å². The van der Waals surface area contributed by atoms with Gasteiger partial charge >= 0.3 is 6.09 Å². The number of carbonyl (C=O) groups is 1. The van der Waals surface area contributed by atoms with E-state index in [1.54, 1.807) is 14.2 Å². The fourth-order valence-corrected chi connectivity index (χ4v) is 5.19. The first kappa shape index (κ1) is 29.7. The zero-order chi connectivity index (χ0) is 30.4. The molecule has 1 amide bonds. The second-order valence-electron chi connectivity index (χ2n) is 11.5. The van der Waals surface area contributed by atoms with Gasteiger partial charge in [0, 0.05) is 41.6 Å². The number of aromatic nitrogens is 4. The molecule has 0 aliphatic rings. The molecule has 224 valence electrons. The summed E-state index contributed by atoms with van der Waals surface area (Å²) in [4.78, 5) is 16.5. The number of hydrogen-bond donors (Lipinski definition) is 2. The Morgan fingerprint density at radius 2 is 1.70 bits per heavy atom. The summed E-state index contributed by atoms with van der Waals surface area (Å²) in [6.07, 6.45) is 3.42. The van der Waals surface area contributed by atoms with Crippen LogP contribution in [0.2, 0.25) is 0 Å². The van der Waals surface area contributed by atoms with Gasteiger partial charge in [-0.1, -0.05) is 48.5 Å². The minimum atomic E-state index is -0.652. The highest BCUT2D eigenvalue weighted by atomic mass is 16.6. The van der Waals surface area contributed by atoms with Crippen molar-refractivity contribution in [2.45, 2.75) is 58.2 Å². The van der Waals surface area contributed by atoms with Crippen LogP contribution in [0.5, 0.6) is 11.5 Å². The molecule has 9 heteroatoms. The molecule has 0 aliphatic carbocycles. The van der Waals surface area contributed by atoms with Crippen LogP contribution in [0, 0.1) is 0 Å². The minimum absolute atomic E-state index is 0.444. The Bertz CT molecular complexity index is 1670. The molecule has 0 radical (unpaired) electrons. The fourth-order valence-electron chi connectivity index (χ4n) is 5.19. The highest BCUT2D eigenvalue weighted by molar-refractivity contribution is 5.83. The number of hydrogen-bond acceptors (Lipinski definition) is 6. The average Bonchev–Trinajstić information content (AvgIpc) is 3.59. The Morgan fingerprint density at radius 3 is 2.44 bits per heavy atom. The molecule has 0 saturated heterocycles. The highest BCUT2D eigenvalue weighted by Crippen LogP contribution is 2.29. The van der Waals surface area contributed by atoms with Gasteiger partial charge in [0.25, 0.3) is 0 Å². The predicted molar refractivity (Wildman–Crippen MR) is 167 cm³/mol. The summed E-state index contributed by atoms with van der Waals surface area (Å²) in [7, 11) is 3.28. The molecule has 43 heavy (non-hydrogen) atoms. The molecule has 5 rings (SSSR count).